The Kier molecular flexibility index (Phi) is 9.59. The molecule has 4 heteroatoms. The van der Waals surface area contributed by atoms with E-state index in [0.717, 1.165) is 73.9 Å². The molecular formula is C26H36N2O2. The largest absolute Gasteiger partial charge is 0.352 e. The van der Waals surface area contributed by atoms with Crippen LogP contribution in [0.15, 0.2) is 36.4 Å². The predicted octanol–water partition coefficient (Wildman–Crippen LogP) is 5.42. The molecule has 0 saturated carbocycles. The Balaban J connectivity index is 1.49. The molecule has 0 saturated heterocycles. The number of hydrogen-bond donors (Lipinski definition) is 2. The van der Waals surface area contributed by atoms with E-state index in [1.165, 1.54) is 11.1 Å². The summed E-state index contributed by atoms with van der Waals surface area (Å²) in [4.78, 5) is 24.3. The first-order valence-corrected chi connectivity index (χ1v) is 11.1. The summed E-state index contributed by atoms with van der Waals surface area (Å²) in [5.41, 5.74) is 6.18. The van der Waals surface area contributed by atoms with Gasteiger partial charge in [-0.1, -0.05) is 37.8 Å². The summed E-state index contributed by atoms with van der Waals surface area (Å²) in [7, 11) is 0. The normalized spacial score (nSPS) is 10.7. The summed E-state index contributed by atoms with van der Waals surface area (Å²) < 4.78 is 0. The van der Waals surface area contributed by atoms with Crippen LogP contribution in [0, 0.1) is 27.7 Å². The van der Waals surface area contributed by atoms with E-state index in [2.05, 4.69) is 24.5 Å². The van der Waals surface area contributed by atoms with Gasteiger partial charge in [-0.15, -0.1) is 0 Å². The molecule has 0 aliphatic heterocycles. The van der Waals surface area contributed by atoms with Crippen LogP contribution in [0.2, 0.25) is 0 Å². The molecule has 2 N–H and O–H groups in total. The number of nitrogens with one attached hydrogen (secondary N) is 2. The first-order valence-electron chi connectivity index (χ1n) is 11.1. The van der Waals surface area contributed by atoms with Crippen LogP contribution in [0.25, 0.3) is 0 Å². The molecule has 0 atom stereocenters. The third-order valence-electron chi connectivity index (χ3n) is 5.71. The van der Waals surface area contributed by atoms with Gasteiger partial charge in [-0.2, -0.15) is 0 Å². The van der Waals surface area contributed by atoms with Crippen LogP contribution in [0.4, 0.5) is 0 Å². The highest BCUT2D eigenvalue weighted by molar-refractivity contribution is 5.94. The number of unbranched alkanes of at least 4 members (excludes halogenated alkanes) is 5. The fourth-order valence-electron chi connectivity index (χ4n) is 3.33. The maximum Gasteiger partial charge on any atom is 0.251 e. The lowest BCUT2D eigenvalue weighted by molar-refractivity contribution is 0.0944. The van der Waals surface area contributed by atoms with Gasteiger partial charge in [-0.3, -0.25) is 9.59 Å². The van der Waals surface area contributed by atoms with Crippen LogP contribution < -0.4 is 10.6 Å². The Morgan fingerprint density at radius 3 is 1.30 bits per heavy atom. The fraction of sp³-hybridized carbons (Fsp3) is 0.462. The van der Waals surface area contributed by atoms with E-state index in [0.29, 0.717) is 0 Å². The van der Waals surface area contributed by atoms with Crippen molar-refractivity contribution in [2.24, 2.45) is 0 Å². The van der Waals surface area contributed by atoms with Crippen molar-refractivity contribution in [3.63, 3.8) is 0 Å². The summed E-state index contributed by atoms with van der Waals surface area (Å²) in [5, 5.41) is 6.01. The molecule has 0 aliphatic rings. The van der Waals surface area contributed by atoms with E-state index < -0.39 is 0 Å². The summed E-state index contributed by atoms with van der Waals surface area (Å²) in [6.07, 6.45) is 6.54. The van der Waals surface area contributed by atoms with Crippen molar-refractivity contribution in [3.05, 3.63) is 69.8 Å². The topological polar surface area (TPSA) is 58.2 Å². The van der Waals surface area contributed by atoms with Crippen molar-refractivity contribution < 1.29 is 9.59 Å². The molecule has 0 aliphatic carbocycles. The van der Waals surface area contributed by atoms with Crippen molar-refractivity contribution in [2.75, 3.05) is 13.1 Å². The quantitative estimate of drug-likeness (QED) is 0.488. The molecule has 0 fully saturated rings. The summed E-state index contributed by atoms with van der Waals surface area (Å²) in [5.74, 6) is 0.0234. The Labute approximate surface area is 181 Å². The lowest BCUT2D eigenvalue weighted by Crippen LogP contribution is -2.24. The van der Waals surface area contributed by atoms with Crippen molar-refractivity contribution in [3.8, 4) is 0 Å². The molecule has 30 heavy (non-hydrogen) atoms. The number of carbonyl (C=O) groups is 2. The zero-order valence-electron chi connectivity index (χ0n) is 18.9. The average molecular weight is 409 g/mol. The number of benzene rings is 2. The number of carbonyl (C=O) groups excluding carboxylic acids is 2. The minimum Gasteiger partial charge on any atom is -0.352 e. The first kappa shape index (κ1) is 23.7. The minimum atomic E-state index is 0.0117. The van der Waals surface area contributed by atoms with Crippen LogP contribution in [0.1, 0.15) is 81.5 Å². The van der Waals surface area contributed by atoms with E-state index in [1.54, 1.807) is 0 Å². The summed E-state index contributed by atoms with van der Waals surface area (Å²) >= 11 is 0. The molecule has 2 aromatic rings. The van der Waals surface area contributed by atoms with Gasteiger partial charge in [0.2, 0.25) is 0 Å². The van der Waals surface area contributed by atoms with Gasteiger partial charge < -0.3 is 10.6 Å². The number of hydrogen-bond acceptors (Lipinski definition) is 2. The molecule has 162 valence electrons. The van der Waals surface area contributed by atoms with E-state index in [-0.39, 0.29) is 11.8 Å². The van der Waals surface area contributed by atoms with Crippen LogP contribution in [0.5, 0.6) is 0 Å². The fourth-order valence-corrected chi connectivity index (χ4v) is 3.33. The first-order chi connectivity index (χ1) is 14.4. The SMILES string of the molecule is Cc1ccc(C(=O)NCCCCCCCCNC(=O)c2ccc(C)c(C)c2)cc1C. The van der Waals surface area contributed by atoms with E-state index >= 15 is 0 Å². The summed E-state index contributed by atoms with van der Waals surface area (Å²) in [6.45, 7) is 9.60. The van der Waals surface area contributed by atoms with Crippen molar-refractivity contribution in [1.29, 1.82) is 0 Å². The molecule has 0 heterocycles. The molecule has 0 aromatic heterocycles. The summed E-state index contributed by atoms with van der Waals surface area (Å²) in [6, 6.07) is 11.7. The second-order valence-corrected chi connectivity index (χ2v) is 8.23. The zero-order chi connectivity index (χ0) is 21.9. The van der Waals surface area contributed by atoms with Crippen molar-refractivity contribution >= 4 is 11.8 Å². The van der Waals surface area contributed by atoms with Crippen LogP contribution >= 0.6 is 0 Å². The number of rotatable bonds is 11. The van der Waals surface area contributed by atoms with E-state index in [4.69, 9.17) is 0 Å². The van der Waals surface area contributed by atoms with Gasteiger partial charge in [-0.25, -0.2) is 0 Å². The Hall–Kier alpha value is -2.62. The average Bonchev–Trinajstić information content (AvgIpc) is 2.73. The second-order valence-electron chi connectivity index (χ2n) is 8.23. The second kappa shape index (κ2) is 12.2. The highest BCUT2D eigenvalue weighted by atomic mass is 16.2. The van der Waals surface area contributed by atoms with Gasteiger partial charge in [0.25, 0.3) is 11.8 Å². The van der Waals surface area contributed by atoms with E-state index in [9.17, 15) is 9.59 Å². The molecule has 0 spiro atoms. The number of aryl methyl sites for hydroxylation is 4. The van der Waals surface area contributed by atoms with Gasteiger partial charge in [0.05, 0.1) is 0 Å². The number of amides is 2. The van der Waals surface area contributed by atoms with E-state index in [1.807, 2.05) is 50.2 Å². The third-order valence-corrected chi connectivity index (χ3v) is 5.71. The van der Waals surface area contributed by atoms with Gasteiger partial charge >= 0.3 is 0 Å². The molecule has 2 rings (SSSR count). The maximum absolute atomic E-state index is 12.2. The molecule has 0 unspecified atom stereocenters. The highest BCUT2D eigenvalue weighted by Crippen LogP contribution is 2.11. The third kappa shape index (κ3) is 7.66. The van der Waals surface area contributed by atoms with Gasteiger partial charge in [0.15, 0.2) is 0 Å². The zero-order valence-corrected chi connectivity index (χ0v) is 18.9. The molecular weight excluding hydrogens is 372 g/mol. The monoisotopic (exact) mass is 408 g/mol. The van der Waals surface area contributed by atoms with Crippen molar-refractivity contribution in [1.82, 2.24) is 10.6 Å². The minimum absolute atomic E-state index is 0.0117. The smallest absolute Gasteiger partial charge is 0.251 e. The van der Waals surface area contributed by atoms with Crippen LogP contribution in [-0.2, 0) is 0 Å². The Morgan fingerprint density at radius 1 is 0.567 bits per heavy atom. The lowest BCUT2D eigenvalue weighted by Gasteiger charge is -2.08. The standard InChI is InChI=1S/C26H36N2O2/c1-19-11-13-23(17-21(19)3)25(29)27-15-9-7-5-6-8-10-16-28-26(30)24-14-12-20(2)22(4)18-24/h11-14,17-18H,5-10,15-16H2,1-4H3,(H,27,29)(H,28,30). The van der Waals surface area contributed by atoms with Gasteiger partial charge in [-0.05, 0) is 87.1 Å². The molecule has 0 radical (unpaired) electrons. The van der Waals surface area contributed by atoms with Crippen LogP contribution in [0.3, 0.4) is 0 Å². The predicted molar refractivity (Wildman–Crippen MR) is 124 cm³/mol. The lowest BCUT2D eigenvalue weighted by atomic mass is 10.1. The van der Waals surface area contributed by atoms with Gasteiger partial charge in [0.1, 0.15) is 0 Å². The highest BCUT2D eigenvalue weighted by Gasteiger charge is 2.07. The molecule has 2 aromatic carbocycles. The molecule has 4 nitrogen and oxygen atoms in total. The Morgan fingerprint density at radius 2 is 0.933 bits per heavy atom. The molecule has 2 amide bonds. The Bertz CT molecular complexity index is 787. The molecule has 0 bridgehead atoms. The van der Waals surface area contributed by atoms with Crippen LogP contribution in [-0.4, -0.2) is 24.9 Å². The van der Waals surface area contributed by atoms with Crippen molar-refractivity contribution in [2.45, 2.75) is 66.2 Å². The van der Waals surface area contributed by atoms with Gasteiger partial charge in [0, 0.05) is 24.2 Å². The maximum atomic E-state index is 12.2.